The van der Waals surface area contributed by atoms with E-state index in [1.54, 1.807) is 36.4 Å². The Morgan fingerprint density at radius 3 is 2.13 bits per heavy atom. The van der Waals surface area contributed by atoms with Crippen molar-refractivity contribution >= 4 is 23.5 Å². The number of para-hydroxylation sites is 2. The Morgan fingerprint density at radius 2 is 1.53 bits per heavy atom. The molecule has 0 saturated carbocycles. The van der Waals surface area contributed by atoms with Gasteiger partial charge in [0.25, 0.3) is 11.8 Å². The van der Waals surface area contributed by atoms with E-state index in [0.717, 1.165) is 0 Å². The topological polar surface area (TPSA) is 118 Å². The van der Waals surface area contributed by atoms with Crippen LogP contribution in [-0.4, -0.2) is 37.1 Å². The van der Waals surface area contributed by atoms with Gasteiger partial charge in [-0.15, -0.1) is 0 Å². The maximum atomic E-state index is 12.2. The molecule has 0 aliphatic rings. The molecule has 0 aliphatic heterocycles. The smallest absolute Gasteiger partial charge is 0.319 e. The van der Waals surface area contributed by atoms with Crippen molar-refractivity contribution in [3.63, 3.8) is 0 Å². The van der Waals surface area contributed by atoms with Crippen LogP contribution in [0.5, 0.6) is 11.5 Å². The maximum Gasteiger partial charge on any atom is 0.319 e. The molecule has 0 fully saturated rings. The van der Waals surface area contributed by atoms with E-state index in [2.05, 4.69) is 21.5 Å². The second-order valence-corrected chi connectivity index (χ2v) is 6.50. The number of hydrogen-bond donors (Lipinski definition) is 4. The van der Waals surface area contributed by atoms with Gasteiger partial charge in [-0.25, -0.2) is 4.79 Å². The summed E-state index contributed by atoms with van der Waals surface area (Å²) in [5, 5.41) is 5.36. The third-order valence-electron chi connectivity index (χ3n) is 3.65. The largest absolute Gasteiger partial charge is 0.490 e. The number of urea groups is 1. The van der Waals surface area contributed by atoms with E-state index in [-0.39, 0.29) is 18.7 Å². The summed E-state index contributed by atoms with van der Waals surface area (Å²) in [5.74, 6) is -0.0624. The van der Waals surface area contributed by atoms with Gasteiger partial charge in [0.05, 0.1) is 6.61 Å². The molecular formula is C21H26N4O5. The van der Waals surface area contributed by atoms with Gasteiger partial charge in [-0.05, 0) is 57.2 Å². The van der Waals surface area contributed by atoms with Crippen LogP contribution < -0.4 is 31.0 Å². The Morgan fingerprint density at radius 1 is 0.900 bits per heavy atom. The van der Waals surface area contributed by atoms with Crippen LogP contribution in [0.1, 0.15) is 31.1 Å². The summed E-state index contributed by atoms with van der Waals surface area (Å²) in [6, 6.07) is 12.9. The molecule has 0 saturated heterocycles. The van der Waals surface area contributed by atoms with Gasteiger partial charge in [-0.2, -0.15) is 0 Å². The van der Waals surface area contributed by atoms with Gasteiger partial charge in [-0.1, -0.05) is 12.1 Å². The quantitative estimate of drug-likeness (QED) is 0.495. The monoisotopic (exact) mass is 414 g/mol. The number of nitrogens with one attached hydrogen (secondary N) is 4. The lowest BCUT2D eigenvalue weighted by Gasteiger charge is -2.12. The maximum absolute atomic E-state index is 12.2. The standard InChI is InChI=1S/C21H26N4O5/c1-4-29-17-7-5-6-8-18(17)30-13-19(26)24-25-20(27)15-9-11-16(12-10-15)23-21(28)22-14(2)3/h5-12,14H,4,13H2,1-3H3,(H,24,26)(H,25,27)(H2,22,23,28). The minimum Gasteiger partial charge on any atom is -0.490 e. The molecule has 9 nitrogen and oxygen atoms in total. The number of carbonyl (C=O) groups excluding carboxylic acids is 3. The van der Waals surface area contributed by atoms with Crippen LogP contribution in [0.3, 0.4) is 0 Å². The molecule has 0 aliphatic carbocycles. The fraction of sp³-hybridized carbons (Fsp3) is 0.286. The van der Waals surface area contributed by atoms with Crippen LogP contribution >= 0.6 is 0 Å². The molecular weight excluding hydrogens is 388 g/mol. The highest BCUT2D eigenvalue weighted by Gasteiger charge is 2.10. The van der Waals surface area contributed by atoms with Gasteiger partial charge in [0, 0.05) is 17.3 Å². The number of carbonyl (C=O) groups is 3. The minimum absolute atomic E-state index is 0.00953. The van der Waals surface area contributed by atoms with Crippen LogP contribution in [0, 0.1) is 0 Å². The van der Waals surface area contributed by atoms with Gasteiger partial charge >= 0.3 is 6.03 Å². The number of ether oxygens (including phenoxy) is 2. The summed E-state index contributed by atoms with van der Waals surface area (Å²) in [6.45, 7) is 5.73. The van der Waals surface area contributed by atoms with E-state index < -0.39 is 11.8 Å². The summed E-state index contributed by atoms with van der Waals surface area (Å²) in [4.78, 5) is 35.8. The Balaban J connectivity index is 1.79. The Labute approximate surface area is 175 Å². The van der Waals surface area contributed by atoms with E-state index in [9.17, 15) is 14.4 Å². The number of hydrogen-bond acceptors (Lipinski definition) is 5. The van der Waals surface area contributed by atoms with Gasteiger partial charge in [-0.3, -0.25) is 20.4 Å². The lowest BCUT2D eigenvalue weighted by Crippen LogP contribution is -2.43. The van der Waals surface area contributed by atoms with Gasteiger partial charge in [0.1, 0.15) is 0 Å². The predicted octanol–water partition coefficient (Wildman–Crippen LogP) is 2.46. The summed E-state index contributed by atoms with van der Waals surface area (Å²) >= 11 is 0. The molecule has 2 aromatic rings. The zero-order valence-corrected chi connectivity index (χ0v) is 17.2. The van der Waals surface area contributed by atoms with Crippen molar-refractivity contribution in [2.24, 2.45) is 0 Å². The second kappa shape index (κ2) is 11.3. The van der Waals surface area contributed by atoms with Crippen molar-refractivity contribution in [2.75, 3.05) is 18.5 Å². The van der Waals surface area contributed by atoms with Gasteiger partial charge in [0.15, 0.2) is 18.1 Å². The molecule has 4 N–H and O–H groups in total. The van der Waals surface area contributed by atoms with Crippen LogP contribution in [-0.2, 0) is 4.79 Å². The molecule has 0 unspecified atom stereocenters. The van der Waals surface area contributed by atoms with Crippen LogP contribution in [0.2, 0.25) is 0 Å². The molecule has 30 heavy (non-hydrogen) atoms. The highest BCUT2D eigenvalue weighted by molar-refractivity contribution is 5.96. The zero-order chi connectivity index (χ0) is 21.9. The molecule has 0 atom stereocenters. The van der Waals surface area contributed by atoms with E-state index >= 15 is 0 Å². The van der Waals surface area contributed by atoms with Crippen molar-refractivity contribution in [2.45, 2.75) is 26.8 Å². The molecule has 160 valence electrons. The molecule has 0 radical (unpaired) electrons. The highest BCUT2D eigenvalue weighted by atomic mass is 16.5. The molecule has 0 aromatic heterocycles. The third kappa shape index (κ3) is 7.34. The van der Waals surface area contributed by atoms with E-state index in [0.29, 0.717) is 29.4 Å². The van der Waals surface area contributed by atoms with Crippen molar-refractivity contribution < 1.29 is 23.9 Å². The summed E-state index contributed by atoms with van der Waals surface area (Å²) < 4.78 is 10.9. The Hall–Kier alpha value is -3.75. The number of anilines is 1. The minimum atomic E-state index is -0.529. The first-order valence-electron chi connectivity index (χ1n) is 9.50. The summed E-state index contributed by atoms with van der Waals surface area (Å²) in [7, 11) is 0. The lowest BCUT2D eigenvalue weighted by molar-refractivity contribution is -0.123. The first-order chi connectivity index (χ1) is 14.4. The normalized spacial score (nSPS) is 10.1. The molecule has 4 amide bonds. The second-order valence-electron chi connectivity index (χ2n) is 6.50. The fourth-order valence-corrected chi connectivity index (χ4v) is 2.36. The van der Waals surface area contributed by atoms with Crippen LogP contribution in [0.25, 0.3) is 0 Å². The van der Waals surface area contributed by atoms with Crippen LogP contribution in [0.15, 0.2) is 48.5 Å². The van der Waals surface area contributed by atoms with Gasteiger partial charge < -0.3 is 20.1 Å². The molecule has 9 heteroatoms. The van der Waals surface area contributed by atoms with E-state index in [1.165, 1.54) is 12.1 Å². The first-order valence-corrected chi connectivity index (χ1v) is 9.50. The molecule has 0 heterocycles. The zero-order valence-electron chi connectivity index (χ0n) is 17.2. The summed E-state index contributed by atoms with van der Waals surface area (Å²) in [5.41, 5.74) is 5.45. The molecule has 0 bridgehead atoms. The number of rotatable bonds is 8. The van der Waals surface area contributed by atoms with Crippen molar-refractivity contribution in [1.82, 2.24) is 16.2 Å². The average Bonchev–Trinajstić information content (AvgIpc) is 2.71. The SMILES string of the molecule is CCOc1ccccc1OCC(=O)NNC(=O)c1ccc(NC(=O)NC(C)C)cc1. The highest BCUT2D eigenvalue weighted by Crippen LogP contribution is 2.26. The Bertz CT molecular complexity index is 868. The molecule has 2 aromatic carbocycles. The molecule has 0 spiro atoms. The molecule has 2 rings (SSSR count). The Kier molecular flexibility index (Phi) is 8.49. The summed E-state index contributed by atoms with van der Waals surface area (Å²) in [6.07, 6.45) is 0. The third-order valence-corrected chi connectivity index (χ3v) is 3.65. The predicted molar refractivity (Wildman–Crippen MR) is 112 cm³/mol. The van der Waals surface area contributed by atoms with Crippen LogP contribution in [0.4, 0.5) is 10.5 Å². The van der Waals surface area contributed by atoms with E-state index in [1.807, 2.05) is 20.8 Å². The number of amides is 4. The first kappa shape index (κ1) is 22.5. The van der Waals surface area contributed by atoms with E-state index in [4.69, 9.17) is 9.47 Å². The van der Waals surface area contributed by atoms with Crippen molar-refractivity contribution in [3.8, 4) is 11.5 Å². The van der Waals surface area contributed by atoms with Crippen molar-refractivity contribution in [1.29, 1.82) is 0 Å². The van der Waals surface area contributed by atoms with Crippen molar-refractivity contribution in [3.05, 3.63) is 54.1 Å². The average molecular weight is 414 g/mol. The number of hydrazine groups is 1. The lowest BCUT2D eigenvalue weighted by atomic mass is 10.2. The van der Waals surface area contributed by atoms with Gasteiger partial charge in [0.2, 0.25) is 0 Å². The number of benzene rings is 2. The fourth-order valence-electron chi connectivity index (χ4n) is 2.36.